The van der Waals surface area contributed by atoms with Crippen LogP contribution >= 0.6 is 0 Å². The second-order valence-electron chi connectivity index (χ2n) is 8.98. The molecular weight excluding hydrogens is 432 g/mol. The molecule has 0 heterocycles. The SMILES string of the molecule is C[Si](C)(C)CCOCOc1cc(OCc2ccccc2)cc(OCc2ccccc2)c1C=O. The Kier molecular flexibility index (Phi) is 9.10. The Morgan fingerprint density at radius 3 is 1.85 bits per heavy atom. The minimum Gasteiger partial charge on any atom is -0.489 e. The van der Waals surface area contributed by atoms with E-state index in [0.717, 1.165) is 23.5 Å². The van der Waals surface area contributed by atoms with Crippen LogP contribution in [0.3, 0.4) is 0 Å². The van der Waals surface area contributed by atoms with Gasteiger partial charge in [-0.05, 0) is 17.2 Å². The molecule has 0 spiro atoms. The van der Waals surface area contributed by atoms with Gasteiger partial charge in [0.1, 0.15) is 30.5 Å². The first-order chi connectivity index (χ1) is 15.9. The van der Waals surface area contributed by atoms with Gasteiger partial charge in [0.05, 0.1) is 5.56 Å². The summed E-state index contributed by atoms with van der Waals surface area (Å²) in [4.78, 5) is 11.9. The summed E-state index contributed by atoms with van der Waals surface area (Å²) in [6.07, 6.45) is 0.749. The second kappa shape index (κ2) is 12.2. The monoisotopic (exact) mass is 464 g/mol. The summed E-state index contributed by atoms with van der Waals surface area (Å²) in [6.45, 7) is 8.31. The molecule has 0 fully saturated rings. The lowest BCUT2D eigenvalue weighted by atomic mass is 10.1. The molecule has 0 unspecified atom stereocenters. The molecule has 0 aromatic heterocycles. The zero-order chi connectivity index (χ0) is 23.5. The lowest BCUT2D eigenvalue weighted by molar-refractivity contribution is 0.0214. The zero-order valence-corrected chi connectivity index (χ0v) is 20.6. The Morgan fingerprint density at radius 2 is 1.30 bits per heavy atom. The van der Waals surface area contributed by atoms with E-state index in [0.29, 0.717) is 42.6 Å². The van der Waals surface area contributed by atoms with Crippen molar-refractivity contribution in [1.29, 1.82) is 0 Å². The molecule has 3 aromatic rings. The fraction of sp³-hybridized carbons (Fsp3) is 0.296. The lowest BCUT2D eigenvalue weighted by Gasteiger charge is -2.17. The van der Waals surface area contributed by atoms with E-state index < -0.39 is 8.07 Å². The van der Waals surface area contributed by atoms with E-state index in [9.17, 15) is 4.79 Å². The maximum Gasteiger partial charge on any atom is 0.189 e. The fourth-order valence-electron chi connectivity index (χ4n) is 3.03. The van der Waals surface area contributed by atoms with Gasteiger partial charge in [0.25, 0.3) is 0 Å². The van der Waals surface area contributed by atoms with Crippen LogP contribution < -0.4 is 14.2 Å². The third-order valence-electron chi connectivity index (χ3n) is 4.98. The topological polar surface area (TPSA) is 54.0 Å². The smallest absolute Gasteiger partial charge is 0.189 e. The minimum absolute atomic E-state index is 0.0611. The van der Waals surface area contributed by atoms with Gasteiger partial charge in [0.15, 0.2) is 13.1 Å². The molecule has 174 valence electrons. The number of hydrogen-bond donors (Lipinski definition) is 0. The molecular formula is C27H32O5Si. The molecule has 0 amide bonds. The molecule has 0 radical (unpaired) electrons. The summed E-state index contributed by atoms with van der Waals surface area (Å²) in [7, 11) is -1.18. The molecule has 6 heteroatoms. The van der Waals surface area contributed by atoms with E-state index in [-0.39, 0.29) is 6.79 Å². The largest absolute Gasteiger partial charge is 0.489 e. The van der Waals surface area contributed by atoms with Crippen molar-refractivity contribution in [2.24, 2.45) is 0 Å². The Bertz CT molecular complexity index is 1000. The Morgan fingerprint density at radius 1 is 0.758 bits per heavy atom. The maximum atomic E-state index is 11.9. The van der Waals surface area contributed by atoms with Gasteiger partial charge in [-0.15, -0.1) is 0 Å². The van der Waals surface area contributed by atoms with Crippen molar-refractivity contribution in [1.82, 2.24) is 0 Å². The third-order valence-corrected chi connectivity index (χ3v) is 6.68. The summed E-state index contributed by atoms with van der Waals surface area (Å²) < 4.78 is 23.5. The second-order valence-corrected chi connectivity index (χ2v) is 14.6. The van der Waals surface area contributed by atoms with Crippen molar-refractivity contribution >= 4 is 14.4 Å². The standard InChI is InChI=1S/C27H32O5Si/c1-33(2,3)15-14-29-21-32-27-17-24(30-19-22-10-6-4-7-11-22)16-26(25(27)18-28)31-20-23-12-8-5-9-13-23/h4-13,16-18H,14-15,19-21H2,1-3H3. The molecule has 0 aliphatic heterocycles. The predicted molar refractivity (Wildman–Crippen MR) is 133 cm³/mol. The Hall–Kier alpha value is -3.09. The van der Waals surface area contributed by atoms with Gasteiger partial charge in [-0.2, -0.15) is 0 Å². The molecule has 0 saturated heterocycles. The zero-order valence-electron chi connectivity index (χ0n) is 19.6. The van der Waals surface area contributed by atoms with Gasteiger partial charge < -0.3 is 18.9 Å². The summed E-state index contributed by atoms with van der Waals surface area (Å²) in [5.41, 5.74) is 2.38. The normalized spacial score (nSPS) is 11.1. The average molecular weight is 465 g/mol. The van der Waals surface area contributed by atoms with Crippen molar-refractivity contribution in [3.8, 4) is 17.2 Å². The van der Waals surface area contributed by atoms with Gasteiger partial charge in [0, 0.05) is 26.8 Å². The van der Waals surface area contributed by atoms with Crippen LogP contribution in [0, 0.1) is 0 Å². The maximum absolute atomic E-state index is 11.9. The van der Waals surface area contributed by atoms with Crippen LogP contribution in [0.4, 0.5) is 0 Å². The summed E-state index contributed by atoms with van der Waals surface area (Å²) in [5, 5.41) is 0. The average Bonchev–Trinajstić information content (AvgIpc) is 2.81. The van der Waals surface area contributed by atoms with Crippen LogP contribution in [0.1, 0.15) is 21.5 Å². The van der Waals surface area contributed by atoms with Crippen LogP contribution in [-0.2, 0) is 18.0 Å². The number of benzene rings is 3. The highest BCUT2D eigenvalue weighted by Gasteiger charge is 2.16. The van der Waals surface area contributed by atoms with Crippen LogP contribution in [0.2, 0.25) is 25.7 Å². The molecule has 0 saturated carbocycles. The highest BCUT2D eigenvalue weighted by molar-refractivity contribution is 6.76. The van der Waals surface area contributed by atoms with E-state index in [2.05, 4.69) is 19.6 Å². The van der Waals surface area contributed by atoms with Crippen molar-refractivity contribution in [3.63, 3.8) is 0 Å². The first-order valence-electron chi connectivity index (χ1n) is 11.1. The lowest BCUT2D eigenvalue weighted by Crippen LogP contribution is -2.22. The van der Waals surface area contributed by atoms with Crippen LogP contribution in [0.5, 0.6) is 17.2 Å². The Balaban J connectivity index is 1.74. The quantitative estimate of drug-likeness (QED) is 0.128. The van der Waals surface area contributed by atoms with E-state index in [1.165, 1.54) is 0 Å². The molecule has 0 atom stereocenters. The molecule has 3 rings (SSSR count). The number of aldehydes is 1. The van der Waals surface area contributed by atoms with Crippen molar-refractivity contribution in [3.05, 3.63) is 89.5 Å². The van der Waals surface area contributed by atoms with Gasteiger partial charge >= 0.3 is 0 Å². The Labute approximate surface area is 197 Å². The van der Waals surface area contributed by atoms with E-state index in [1.54, 1.807) is 12.1 Å². The van der Waals surface area contributed by atoms with E-state index >= 15 is 0 Å². The van der Waals surface area contributed by atoms with Crippen LogP contribution in [-0.4, -0.2) is 27.8 Å². The van der Waals surface area contributed by atoms with Gasteiger partial charge in [-0.25, -0.2) is 0 Å². The van der Waals surface area contributed by atoms with E-state index in [1.807, 2.05) is 60.7 Å². The van der Waals surface area contributed by atoms with Crippen molar-refractivity contribution in [2.45, 2.75) is 38.9 Å². The summed E-state index contributed by atoms with van der Waals surface area (Å²) in [5.74, 6) is 1.35. The molecule has 3 aromatic carbocycles. The molecule has 0 aliphatic rings. The predicted octanol–water partition coefficient (Wildman–Crippen LogP) is 6.35. The first kappa shape index (κ1) is 24.5. The molecule has 33 heavy (non-hydrogen) atoms. The van der Waals surface area contributed by atoms with Gasteiger partial charge in [-0.3, -0.25) is 4.79 Å². The number of rotatable bonds is 13. The van der Waals surface area contributed by atoms with E-state index in [4.69, 9.17) is 18.9 Å². The molecule has 0 N–H and O–H groups in total. The van der Waals surface area contributed by atoms with Gasteiger partial charge in [0.2, 0.25) is 0 Å². The van der Waals surface area contributed by atoms with Crippen LogP contribution in [0.15, 0.2) is 72.8 Å². The number of carbonyl (C=O) groups is 1. The van der Waals surface area contributed by atoms with Crippen molar-refractivity contribution in [2.75, 3.05) is 13.4 Å². The number of ether oxygens (including phenoxy) is 4. The number of carbonyl (C=O) groups excluding carboxylic acids is 1. The highest BCUT2D eigenvalue weighted by Crippen LogP contribution is 2.34. The minimum atomic E-state index is -1.18. The van der Waals surface area contributed by atoms with Crippen LogP contribution in [0.25, 0.3) is 0 Å². The highest BCUT2D eigenvalue weighted by atomic mass is 28.3. The summed E-state index contributed by atoms with van der Waals surface area (Å²) in [6, 6.07) is 24.2. The fourth-order valence-corrected chi connectivity index (χ4v) is 3.79. The molecule has 0 aliphatic carbocycles. The van der Waals surface area contributed by atoms with Gasteiger partial charge in [-0.1, -0.05) is 80.3 Å². The first-order valence-corrected chi connectivity index (χ1v) is 14.8. The molecule has 5 nitrogen and oxygen atoms in total. The van der Waals surface area contributed by atoms with Crippen molar-refractivity contribution < 1.29 is 23.7 Å². The summed E-state index contributed by atoms with van der Waals surface area (Å²) >= 11 is 0. The molecule has 0 bridgehead atoms. The number of hydrogen-bond acceptors (Lipinski definition) is 5. The third kappa shape index (κ3) is 8.40.